The SMILES string of the molecule is OC[C@@H](O)[C@H](O)[C@H](O)c1ccccc1. The number of rotatable bonds is 4. The molecule has 0 saturated heterocycles. The minimum Gasteiger partial charge on any atom is -0.394 e. The normalized spacial score (nSPS) is 17.4. The molecule has 4 nitrogen and oxygen atoms in total. The van der Waals surface area contributed by atoms with Crippen LogP contribution in [-0.4, -0.2) is 39.2 Å². The molecule has 0 amide bonds. The van der Waals surface area contributed by atoms with Crippen molar-refractivity contribution < 1.29 is 20.4 Å². The van der Waals surface area contributed by atoms with Crippen molar-refractivity contribution in [1.29, 1.82) is 0 Å². The largest absolute Gasteiger partial charge is 0.394 e. The van der Waals surface area contributed by atoms with E-state index in [1.807, 2.05) is 0 Å². The average molecular weight is 198 g/mol. The third-order valence-corrected chi connectivity index (χ3v) is 2.05. The van der Waals surface area contributed by atoms with Crippen LogP contribution < -0.4 is 0 Å². The van der Waals surface area contributed by atoms with Gasteiger partial charge in [0.25, 0.3) is 0 Å². The summed E-state index contributed by atoms with van der Waals surface area (Å²) in [5.41, 5.74) is 0.507. The van der Waals surface area contributed by atoms with Crippen LogP contribution in [0.5, 0.6) is 0 Å². The summed E-state index contributed by atoms with van der Waals surface area (Å²) in [6.07, 6.45) is -3.88. The van der Waals surface area contributed by atoms with Crippen molar-refractivity contribution >= 4 is 0 Å². The summed E-state index contributed by atoms with van der Waals surface area (Å²) in [4.78, 5) is 0. The van der Waals surface area contributed by atoms with Gasteiger partial charge in [0.2, 0.25) is 0 Å². The Morgan fingerprint density at radius 3 is 2.07 bits per heavy atom. The molecule has 0 aromatic heterocycles. The maximum atomic E-state index is 9.57. The summed E-state index contributed by atoms with van der Waals surface area (Å²) in [6, 6.07) is 8.49. The fraction of sp³-hybridized carbons (Fsp3) is 0.400. The number of aliphatic hydroxyl groups excluding tert-OH is 4. The van der Waals surface area contributed by atoms with Gasteiger partial charge in [-0.2, -0.15) is 0 Å². The third-order valence-electron chi connectivity index (χ3n) is 2.05. The van der Waals surface area contributed by atoms with E-state index >= 15 is 0 Å². The number of benzene rings is 1. The Kier molecular flexibility index (Phi) is 4.03. The van der Waals surface area contributed by atoms with Crippen LogP contribution in [-0.2, 0) is 0 Å². The fourth-order valence-electron chi connectivity index (χ4n) is 1.17. The molecular weight excluding hydrogens is 184 g/mol. The summed E-state index contributed by atoms with van der Waals surface area (Å²) in [6.45, 7) is -0.578. The molecule has 0 aliphatic heterocycles. The molecule has 0 radical (unpaired) electrons. The molecule has 14 heavy (non-hydrogen) atoms. The molecule has 0 spiro atoms. The van der Waals surface area contributed by atoms with Gasteiger partial charge in [-0.1, -0.05) is 30.3 Å². The first kappa shape index (κ1) is 11.1. The molecule has 78 valence electrons. The third kappa shape index (κ3) is 2.52. The molecular formula is C10H14O4. The molecule has 1 rings (SSSR count). The van der Waals surface area contributed by atoms with Crippen molar-refractivity contribution in [3.63, 3.8) is 0 Å². The van der Waals surface area contributed by atoms with Gasteiger partial charge in [-0.25, -0.2) is 0 Å². The second kappa shape index (κ2) is 5.07. The Morgan fingerprint density at radius 1 is 1.00 bits per heavy atom. The maximum Gasteiger partial charge on any atom is 0.112 e. The minimum absolute atomic E-state index is 0.507. The van der Waals surface area contributed by atoms with Gasteiger partial charge in [0.1, 0.15) is 18.3 Å². The van der Waals surface area contributed by atoms with Crippen molar-refractivity contribution in [1.82, 2.24) is 0 Å². The van der Waals surface area contributed by atoms with E-state index in [0.29, 0.717) is 5.56 Å². The summed E-state index contributed by atoms with van der Waals surface area (Å²) in [7, 11) is 0. The molecule has 1 aromatic rings. The van der Waals surface area contributed by atoms with Gasteiger partial charge < -0.3 is 20.4 Å². The standard InChI is InChI=1S/C10H14O4/c11-6-8(12)10(14)9(13)7-4-2-1-3-5-7/h1-5,8-14H,6H2/t8-,9-,10+/m1/s1. The van der Waals surface area contributed by atoms with Gasteiger partial charge in [-0.05, 0) is 5.56 Å². The number of hydrogen-bond donors (Lipinski definition) is 4. The van der Waals surface area contributed by atoms with Crippen LogP contribution in [0.1, 0.15) is 11.7 Å². The van der Waals surface area contributed by atoms with Gasteiger partial charge in [0.15, 0.2) is 0 Å². The molecule has 0 fully saturated rings. The predicted octanol–water partition coefficient (Wildman–Crippen LogP) is -0.566. The van der Waals surface area contributed by atoms with Gasteiger partial charge in [0.05, 0.1) is 6.61 Å². The Hall–Kier alpha value is -0.940. The topological polar surface area (TPSA) is 80.9 Å². The van der Waals surface area contributed by atoms with E-state index in [1.165, 1.54) is 0 Å². The van der Waals surface area contributed by atoms with Crippen LogP contribution >= 0.6 is 0 Å². The monoisotopic (exact) mass is 198 g/mol. The van der Waals surface area contributed by atoms with Crippen molar-refractivity contribution in [2.75, 3.05) is 6.61 Å². The van der Waals surface area contributed by atoms with E-state index in [-0.39, 0.29) is 0 Å². The summed E-state index contributed by atoms with van der Waals surface area (Å²) >= 11 is 0. The lowest BCUT2D eigenvalue weighted by Crippen LogP contribution is -2.34. The van der Waals surface area contributed by atoms with E-state index in [1.54, 1.807) is 30.3 Å². The Bertz CT molecular complexity index is 262. The Balaban J connectivity index is 2.70. The molecule has 3 atom stereocenters. The molecule has 4 N–H and O–H groups in total. The summed E-state index contributed by atoms with van der Waals surface area (Å²) in [5.74, 6) is 0. The van der Waals surface area contributed by atoms with E-state index in [4.69, 9.17) is 10.2 Å². The van der Waals surface area contributed by atoms with E-state index in [2.05, 4.69) is 0 Å². The summed E-state index contributed by atoms with van der Waals surface area (Å²) in [5, 5.41) is 36.6. The van der Waals surface area contributed by atoms with Crippen LogP contribution in [0.2, 0.25) is 0 Å². The van der Waals surface area contributed by atoms with E-state index in [9.17, 15) is 10.2 Å². The zero-order chi connectivity index (χ0) is 10.6. The first-order valence-corrected chi connectivity index (χ1v) is 4.37. The molecule has 0 aliphatic carbocycles. The van der Waals surface area contributed by atoms with Gasteiger partial charge in [-0.15, -0.1) is 0 Å². The highest BCUT2D eigenvalue weighted by Crippen LogP contribution is 2.18. The predicted molar refractivity (Wildman–Crippen MR) is 50.5 cm³/mol. The van der Waals surface area contributed by atoms with Gasteiger partial charge in [-0.3, -0.25) is 0 Å². The van der Waals surface area contributed by atoms with Crippen LogP contribution in [0.15, 0.2) is 30.3 Å². The molecule has 0 saturated carbocycles. The maximum absolute atomic E-state index is 9.57. The van der Waals surface area contributed by atoms with Crippen LogP contribution in [0.4, 0.5) is 0 Å². The minimum atomic E-state index is -1.37. The number of aliphatic hydroxyl groups is 4. The van der Waals surface area contributed by atoms with Crippen LogP contribution in [0.25, 0.3) is 0 Å². The number of hydrogen-bond acceptors (Lipinski definition) is 4. The van der Waals surface area contributed by atoms with Crippen molar-refractivity contribution in [2.24, 2.45) is 0 Å². The van der Waals surface area contributed by atoms with Crippen molar-refractivity contribution in [3.8, 4) is 0 Å². The first-order chi connectivity index (χ1) is 6.66. The zero-order valence-electron chi connectivity index (χ0n) is 7.61. The molecule has 1 aromatic carbocycles. The quantitative estimate of drug-likeness (QED) is 0.522. The molecule has 0 unspecified atom stereocenters. The Labute approximate surface area is 82.1 Å². The highest BCUT2D eigenvalue weighted by molar-refractivity contribution is 5.18. The highest BCUT2D eigenvalue weighted by Gasteiger charge is 2.24. The smallest absolute Gasteiger partial charge is 0.112 e. The molecule has 0 bridgehead atoms. The lowest BCUT2D eigenvalue weighted by atomic mass is 10.0. The molecule has 0 heterocycles. The van der Waals surface area contributed by atoms with E-state index in [0.717, 1.165) is 0 Å². The van der Waals surface area contributed by atoms with Crippen molar-refractivity contribution in [3.05, 3.63) is 35.9 Å². The van der Waals surface area contributed by atoms with Gasteiger partial charge >= 0.3 is 0 Å². The lowest BCUT2D eigenvalue weighted by molar-refractivity contribution is -0.0776. The van der Waals surface area contributed by atoms with Crippen LogP contribution in [0.3, 0.4) is 0 Å². The lowest BCUT2D eigenvalue weighted by Gasteiger charge is -2.21. The summed E-state index contributed by atoms with van der Waals surface area (Å²) < 4.78 is 0. The highest BCUT2D eigenvalue weighted by atomic mass is 16.4. The Morgan fingerprint density at radius 2 is 1.57 bits per heavy atom. The van der Waals surface area contributed by atoms with Crippen LogP contribution in [0, 0.1) is 0 Å². The second-order valence-corrected chi connectivity index (χ2v) is 3.10. The fourth-order valence-corrected chi connectivity index (χ4v) is 1.17. The van der Waals surface area contributed by atoms with Crippen molar-refractivity contribution in [2.45, 2.75) is 18.3 Å². The first-order valence-electron chi connectivity index (χ1n) is 4.37. The molecule has 0 aliphatic rings. The second-order valence-electron chi connectivity index (χ2n) is 3.10. The van der Waals surface area contributed by atoms with E-state index < -0.39 is 24.9 Å². The zero-order valence-corrected chi connectivity index (χ0v) is 7.61. The average Bonchev–Trinajstić information content (AvgIpc) is 2.27. The molecule has 4 heteroatoms. The van der Waals surface area contributed by atoms with Gasteiger partial charge in [0, 0.05) is 0 Å².